The third-order valence-corrected chi connectivity index (χ3v) is 4.04. The van der Waals surface area contributed by atoms with E-state index in [9.17, 15) is 9.90 Å². The fraction of sp³-hybridized carbons (Fsp3) is 0.500. The number of allylic oxidation sites excluding steroid dienone is 1. The third kappa shape index (κ3) is 4.03. The van der Waals surface area contributed by atoms with E-state index >= 15 is 0 Å². The number of phenolic OH excluding ortho intramolecular Hbond substituents is 1. The number of ether oxygens (including phenoxy) is 2. The predicted molar refractivity (Wildman–Crippen MR) is 85.1 cm³/mol. The van der Waals surface area contributed by atoms with E-state index < -0.39 is 0 Å². The first-order valence-corrected chi connectivity index (χ1v) is 7.78. The molecule has 0 bridgehead atoms. The summed E-state index contributed by atoms with van der Waals surface area (Å²) in [7, 11) is 0. The molecule has 0 spiro atoms. The lowest BCUT2D eigenvalue weighted by molar-refractivity contribution is -0.138. The smallest absolute Gasteiger partial charge is 0.333 e. The summed E-state index contributed by atoms with van der Waals surface area (Å²) in [6.07, 6.45) is 5.31. The van der Waals surface area contributed by atoms with Crippen LogP contribution in [0.5, 0.6) is 11.5 Å². The zero-order valence-electron chi connectivity index (χ0n) is 13.5. The van der Waals surface area contributed by atoms with Gasteiger partial charge in [-0.15, -0.1) is 0 Å². The first-order valence-electron chi connectivity index (χ1n) is 7.78. The molecule has 1 aromatic carbocycles. The lowest BCUT2D eigenvalue weighted by Gasteiger charge is -2.35. The summed E-state index contributed by atoms with van der Waals surface area (Å²) in [4.78, 5) is 11.6. The third-order valence-electron chi connectivity index (χ3n) is 4.04. The highest BCUT2D eigenvalue weighted by atomic mass is 16.5. The largest absolute Gasteiger partial charge is 0.508 e. The fourth-order valence-corrected chi connectivity index (χ4v) is 2.67. The van der Waals surface area contributed by atoms with Crippen LogP contribution in [0.3, 0.4) is 0 Å². The Morgan fingerprint density at radius 3 is 3.00 bits per heavy atom. The molecule has 1 atom stereocenters. The molecule has 0 radical (unpaired) electrons. The minimum Gasteiger partial charge on any atom is -0.508 e. The van der Waals surface area contributed by atoms with Gasteiger partial charge in [0.2, 0.25) is 0 Å². The highest BCUT2D eigenvalue weighted by Crippen LogP contribution is 2.37. The number of aryl methyl sites for hydroxylation is 1. The van der Waals surface area contributed by atoms with Crippen LogP contribution >= 0.6 is 0 Å². The zero-order valence-corrected chi connectivity index (χ0v) is 13.5. The molecule has 1 aliphatic heterocycles. The van der Waals surface area contributed by atoms with Crippen LogP contribution in [0, 0.1) is 0 Å². The Hall–Kier alpha value is -1.97. The molecule has 0 fully saturated rings. The topological polar surface area (TPSA) is 55.8 Å². The molecule has 1 heterocycles. The summed E-state index contributed by atoms with van der Waals surface area (Å²) in [6.45, 7) is 6.07. The number of esters is 1. The maximum atomic E-state index is 11.6. The van der Waals surface area contributed by atoms with Gasteiger partial charge in [0.05, 0.1) is 6.61 Å². The predicted octanol–water partition coefficient (Wildman–Crippen LogP) is 3.77. The number of aromatic hydroxyl groups is 1. The first-order chi connectivity index (χ1) is 10.4. The monoisotopic (exact) mass is 304 g/mol. The van der Waals surface area contributed by atoms with Gasteiger partial charge in [-0.1, -0.05) is 6.08 Å². The van der Waals surface area contributed by atoms with E-state index in [0.717, 1.165) is 37.0 Å². The number of benzene rings is 1. The minimum atomic E-state index is -0.252. The van der Waals surface area contributed by atoms with Crippen molar-refractivity contribution in [3.05, 3.63) is 35.4 Å². The van der Waals surface area contributed by atoms with Crippen molar-refractivity contribution in [2.75, 3.05) is 6.61 Å². The van der Waals surface area contributed by atoms with E-state index in [1.165, 1.54) is 0 Å². The van der Waals surface area contributed by atoms with Crippen molar-refractivity contribution < 1.29 is 19.4 Å². The molecule has 1 aromatic rings. The normalized spacial score (nSPS) is 21.0. The van der Waals surface area contributed by atoms with E-state index in [-0.39, 0.29) is 17.3 Å². The van der Waals surface area contributed by atoms with Gasteiger partial charge in [0, 0.05) is 5.57 Å². The van der Waals surface area contributed by atoms with Crippen LogP contribution in [0.2, 0.25) is 0 Å². The number of hydrogen-bond acceptors (Lipinski definition) is 4. The Morgan fingerprint density at radius 1 is 1.50 bits per heavy atom. The van der Waals surface area contributed by atoms with Crippen molar-refractivity contribution in [3.63, 3.8) is 0 Å². The average Bonchev–Trinajstić information content (AvgIpc) is 2.48. The number of hydrogen-bond donors (Lipinski definition) is 1. The maximum absolute atomic E-state index is 11.6. The second-order valence-electron chi connectivity index (χ2n) is 5.99. The summed E-state index contributed by atoms with van der Waals surface area (Å²) >= 11 is 0. The zero-order chi connectivity index (χ0) is 16.2. The molecule has 0 aromatic heterocycles. The molecule has 0 saturated heterocycles. The van der Waals surface area contributed by atoms with Gasteiger partial charge in [-0.2, -0.15) is 0 Å². The van der Waals surface area contributed by atoms with Gasteiger partial charge in [0.15, 0.2) is 0 Å². The second-order valence-corrected chi connectivity index (χ2v) is 5.99. The molecule has 0 saturated carbocycles. The molecule has 1 aliphatic rings. The number of phenols is 1. The molecule has 1 unspecified atom stereocenters. The van der Waals surface area contributed by atoms with Gasteiger partial charge in [-0.3, -0.25) is 0 Å². The van der Waals surface area contributed by atoms with Crippen LogP contribution in [0.4, 0.5) is 0 Å². The summed E-state index contributed by atoms with van der Waals surface area (Å²) in [5.41, 5.74) is 1.46. The number of fused-ring (bicyclic) bond motifs is 1. The molecule has 0 aliphatic carbocycles. The van der Waals surface area contributed by atoms with Crippen molar-refractivity contribution in [2.45, 2.75) is 52.1 Å². The van der Waals surface area contributed by atoms with E-state index in [0.29, 0.717) is 12.2 Å². The number of carbonyl (C=O) groups is 1. The van der Waals surface area contributed by atoms with Crippen LogP contribution < -0.4 is 4.74 Å². The van der Waals surface area contributed by atoms with E-state index in [2.05, 4.69) is 6.92 Å². The molecule has 1 N–H and O–H groups in total. The molecular formula is C18H24O4. The van der Waals surface area contributed by atoms with Crippen molar-refractivity contribution in [2.24, 2.45) is 0 Å². The summed E-state index contributed by atoms with van der Waals surface area (Å²) in [5.74, 6) is 0.870. The molecule has 0 amide bonds. The Kier molecular flexibility index (Phi) is 5.11. The van der Waals surface area contributed by atoms with Crippen molar-refractivity contribution in [1.29, 1.82) is 0 Å². The van der Waals surface area contributed by atoms with Crippen LogP contribution in [-0.4, -0.2) is 23.3 Å². The van der Waals surface area contributed by atoms with Crippen LogP contribution in [0.25, 0.3) is 0 Å². The minimum absolute atomic E-state index is 0.241. The maximum Gasteiger partial charge on any atom is 0.333 e. The Bertz CT molecular complexity index is 576. The van der Waals surface area contributed by atoms with E-state index in [4.69, 9.17) is 9.47 Å². The highest BCUT2D eigenvalue weighted by molar-refractivity contribution is 5.87. The van der Waals surface area contributed by atoms with Gasteiger partial charge in [0.25, 0.3) is 0 Å². The summed E-state index contributed by atoms with van der Waals surface area (Å²) < 4.78 is 11.1. The van der Waals surface area contributed by atoms with Gasteiger partial charge in [-0.25, -0.2) is 4.79 Å². The molecule has 2 rings (SSSR count). The van der Waals surface area contributed by atoms with Gasteiger partial charge >= 0.3 is 5.97 Å². The van der Waals surface area contributed by atoms with Crippen LogP contribution in [0.15, 0.2) is 29.8 Å². The van der Waals surface area contributed by atoms with E-state index in [1.54, 1.807) is 26.0 Å². The Morgan fingerprint density at radius 2 is 2.27 bits per heavy atom. The van der Waals surface area contributed by atoms with Crippen molar-refractivity contribution in [1.82, 2.24) is 0 Å². The van der Waals surface area contributed by atoms with Crippen molar-refractivity contribution >= 4 is 5.97 Å². The van der Waals surface area contributed by atoms with Crippen LogP contribution in [-0.2, 0) is 16.0 Å². The second kappa shape index (κ2) is 6.86. The van der Waals surface area contributed by atoms with Crippen LogP contribution in [0.1, 0.15) is 45.6 Å². The highest BCUT2D eigenvalue weighted by Gasteiger charge is 2.30. The van der Waals surface area contributed by atoms with Gasteiger partial charge in [-0.05, 0) is 70.2 Å². The first kappa shape index (κ1) is 16.4. The quantitative estimate of drug-likeness (QED) is 0.664. The summed E-state index contributed by atoms with van der Waals surface area (Å²) in [5, 5.41) is 9.51. The fourth-order valence-electron chi connectivity index (χ4n) is 2.67. The van der Waals surface area contributed by atoms with Gasteiger partial charge < -0.3 is 14.6 Å². The van der Waals surface area contributed by atoms with E-state index in [1.807, 2.05) is 12.1 Å². The number of rotatable bonds is 5. The SMILES string of the molecule is CCOC(=O)/C(C)=C/CCC1(C)CCc2cc(O)ccc2O1. The Labute approximate surface area is 131 Å². The summed E-state index contributed by atoms with van der Waals surface area (Å²) in [6, 6.07) is 5.23. The molecule has 120 valence electrons. The average molecular weight is 304 g/mol. The standard InChI is InChI=1S/C18H24O4/c1-4-21-17(20)13(2)6-5-10-18(3)11-9-14-12-15(19)7-8-16(14)22-18/h6-8,12,19H,4-5,9-11H2,1-3H3/b13-6+. The Balaban J connectivity index is 1.95. The lowest BCUT2D eigenvalue weighted by Crippen LogP contribution is -2.36. The molecule has 22 heavy (non-hydrogen) atoms. The molecular weight excluding hydrogens is 280 g/mol. The number of carbonyl (C=O) groups excluding carboxylic acids is 1. The molecule has 4 nitrogen and oxygen atoms in total. The van der Waals surface area contributed by atoms with Gasteiger partial charge in [0.1, 0.15) is 17.1 Å². The lowest BCUT2D eigenvalue weighted by atomic mass is 9.88. The molecule has 4 heteroatoms. The van der Waals surface area contributed by atoms with Crippen molar-refractivity contribution in [3.8, 4) is 11.5 Å².